The largest absolute Gasteiger partial charge is 0.350 e. The predicted octanol–water partition coefficient (Wildman–Crippen LogP) is 4.83. The van der Waals surface area contributed by atoms with Crippen LogP contribution >= 0.6 is 11.3 Å². The van der Waals surface area contributed by atoms with Crippen LogP contribution in [-0.2, 0) is 6.54 Å². The minimum Gasteiger partial charge on any atom is -0.321 e. The van der Waals surface area contributed by atoms with Gasteiger partial charge in [0.25, 0.3) is 5.91 Å². The molecule has 0 aliphatic heterocycles. The molecule has 7 heteroatoms. The first-order valence-electron chi connectivity index (χ1n) is 10.2. The summed E-state index contributed by atoms with van der Waals surface area (Å²) in [5.41, 5.74) is 5.06. The molecule has 1 N–H and O–H groups in total. The number of amides is 1. The molecule has 5 aromatic rings. The van der Waals surface area contributed by atoms with Gasteiger partial charge in [-0.15, -0.1) is 16.4 Å². The molecule has 1 amide bonds. The Kier molecular flexibility index (Phi) is 5.17. The summed E-state index contributed by atoms with van der Waals surface area (Å²) < 4.78 is 2.93. The van der Waals surface area contributed by atoms with Crippen molar-refractivity contribution in [1.29, 1.82) is 0 Å². The monoisotopic (exact) mass is 440 g/mol. The SMILES string of the molecule is Cc1ccc(-c2ccsc2C(=O)Nc2cccc(Cn3nc4ccccn4c3=O)c2)cc1. The van der Waals surface area contributed by atoms with E-state index in [1.165, 1.54) is 26.0 Å². The van der Waals surface area contributed by atoms with Gasteiger partial charge in [0, 0.05) is 17.4 Å². The Morgan fingerprint density at radius 2 is 1.88 bits per heavy atom. The molecule has 0 unspecified atom stereocenters. The Hall–Kier alpha value is -3.97. The first kappa shape index (κ1) is 20.0. The number of hydrogen-bond acceptors (Lipinski definition) is 4. The number of carbonyl (C=O) groups excluding carboxylic acids is 1. The molecular weight excluding hydrogens is 420 g/mol. The van der Waals surface area contributed by atoms with Crippen LogP contribution in [0, 0.1) is 6.92 Å². The van der Waals surface area contributed by atoms with Crippen LogP contribution in [0.3, 0.4) is 0 Å². The lowest BCUT2D eigenvalue weighted by atomic mass is 10.0. The van der Waals surface area contributed by atoms with E-state index in [2.05, 4.69) is 10.4 Å². The molecule has 3 heterocycles. The first-order valence-corrected chi connectivity index (χ1v) is 11.1. The lowest BCUT2D eigenvalue weighted by Gasteiger charge is -2.08. The number of pyridine rings is 1. The summed E-state index contributed by atoms with van der Waals surface area (Å²) in [4.78, 5) is 26.2. The molecule has 0 saturated heterocycles. The lowest BCUT2D eigenvalue weighted by Crippen LogP contribution is -2.21. The van der Waals surface area contributed by atoms with Gasteiger partial charge in [0.15, 0.2) is 5.65 Å². The Labute approximate surface area is 188 Å². The zero-order valence-corrected chi connectivity index (χ0v) is 18.2. The number of nitrogens with zero attached hydrogens (tertiary/aromatic N) is 3. The second kappa shape index (κ2) is 8.28. The smallest absolute Gasteiger partial charge is 0.321 e. The molecule has 0 aliphatic carbocycles. The van der Waals surface area contributed by atoms with Crippen molar-refractivity contribution >= 4 is 28.6 Å². The van der Waals surface area contributed by atoms with Crippen molar-refractivity contribution in [2.75, 3.05) is 5.32 Å². The van der Waals surface area contributed by atoms with Gasteiger partial charge >= 0.3 is 5.69 Å². The topological polar surface area (TPSA) is 68.4 Å². The molecule has 32 heavy (non-hydrogen) atoms. The summed E-state index contributed by atoms with van der Waals surface area (Å²) in [6, 6.07) is 23.0. The van der Waals surface area contributed by atoms with Gasteiger partial charge in [-0.25, -0.2) is 9.48 Å². The molecule has 2 aromatic carbocycles. The maximum Gasteiger partial charge on any atom is 0.350 e. The second-order valence-electron chi connectivity index (χ2n) is 7.55. The van der Waals surface area contributed by atoms with E-state index in [1.807, 2.05) is 73.0 Å². The number of anilines is 1. The quantitative estimate of drug-likeness (QED) is 0.425. The summed E-state index contributed by atoms with van der Waals surface area (Å²) in [6.45, 7) is 2.36. The van der Waals surface area contributed by atoms with Crippen molar-refractivity contribution in [3.8, 4) is 11.1 Å². The summed E-state index contributed by atoms with van der Waals surface area (Å²) in [7, 11) is 0. The highest BCUT2D eigenvalue weighted by Gasteiger charge is 2.15. The Balaban J connectivity index is 1.37. The highest BCUT2D eigenvalue weighted by atomic mass is 32.1. The number of carbonyl (C=O) groups is 1. The first-order chi connectivity index (χ1) is 15.6. The molecule has 0 spiro atoms. The van der Waals surface area contributed by atoms with E-state index in [9.17, 15) is 9.59 Å². The van der Waals surface area contributed by atoms with Crippen molar-refractivity contribution in [2.24, 2.45) is 0 Å². The van der Waals surface area contributed by atoms with Crippen molar-refractivity contribution in [2.45, 2.75) is 13.5 Å². The average molecular weight is 441 g/mol. The van der Waals surface area contributed by atoms with Crippen LogP contribution in [0.2, 0.25) is 0 Å². The van der Waals surface area contributed by atoms with Gasteiger partial charge in [-0.3, -0.25) is 9.20 Å². The molecule has 0 saturated carbocycles. The number of rotatable bonds is 5. The molecule has 5 rings (SSSR count). The van der Waals surface area contributed by atoms with Gasteiger partial charge < -0.3 is 5.32 Å². The summed E-state index contributed by atoms with van der Waals surface area (Å²) in [5, 5.41) is 9.29. The van der Waals surface area contributed by atoms with E-state index in [0.717, 1.165) is 16.7 Å². The standard InChI is InChI=1S/C25H20N4O2S/c1-17-8-10-19(11-9-17)21-12-14-32-23(21)24(30)26-20-6-4-5-18(15-20)16-29-25(31)28-13-3-2-7-22(28)27-29/h2-15H,16H2,1H3,(H,26,30). The maximum atomic E-state index is 13.0. The van der Waals surface area contributed by atoms with Crippen molar-refractivity contribution < 1.29 is 4.79 Å². The molecule has 3 aromatic heterocycles. The van der Waals surface area contributed by atoms with E-state index >= 15 is 0 Å². The number of fused-ring (bicyclic) bond motifs is 1. The van der Waals surface area contributed by atoms with Crippen LogP contribution in [-0.4, -0.2) is 20.1 Å². The fraction of sp³-hybridized carbons (Fsp3) is 0.0800. The molecule has 0 atom stereocenters. The minimum atomic E-state index is -0.198. The molecule has 0 radical (unpaired) electrons. The summed E-state index contributed by atoms with van der Waals surface area (Å²) in [5.74, 6) is -0.155. The fourth-order valence-electron chi connectivity index (χ4n) is 3.62. The Morgan fingerprint density at radius 3 is 2.69 bits per heavy atom. The summed E-state index contributed by atoms with van der Waals surface area (Å²) in [6.07, 6.45) is 1.70. The van der Waals surface area contributed by atoms with Gasteiger partial charge in [0.05, 0.1) is 11.4 Å². The maximum absolute atomic E-state index is 13.0. The third-order valence-electron chi connectivity index (χ3n) is 5.24. The second-order valence-corrected chi connectivity index (χ2v) is 8.47. The van der Waals surface area contributed by atoms with E-state index in [-0.39, 0.29) is 11.6 Å². The molecule has 0 fully saturated rings. The zero-order chi connectivity index (χ0) is 22.1. The molecule has 0 bridgehead atoms. The van der Waals surface area contributed by atoms with Crippen LogP contribution in [0.5, 0.6) is 0 Å². The molecule has 158 valence electrons. The highest BCUT2D eigenvalue weighted by Crippen LogP contribution is 2.29. The normalized spacial score (nSPS) is 11.0. The van der Waals surface area contributed by atoms with Gasteiger partial charge in [0.2, 0.25) is 0 Å². The summed E-state index contributed by atoms with van der Waals surface area (Å²) >= 11 is 1.42. The van der Waals surface area contributed by atoms with Crippen molar-refractivity contribution in [3.63, 3.8) is 0 Å². The lowest BCUT2D eigenvalue weighted by molar-refractivity contribution is 0.103. The van der Waals surface area contributed by atoms with E-state index in [4.69, 9.17) is 0 Å². The fourth-order valence-corrected chi connectivity index (χ4v) is 4.44. The number of nitrogens with one attached hydrogen (secondary N) is 1. The number of hydrogen-bond donors (Lipinski definition) is 1. The molecule has 0 aliphatic rings. The number of benzene rings is 2. The third-order valence-corrected chi connectivity index (χ3v) is 6.15. The van der Waals surface area contributed by atoms with E-state index in [0.29, 0.717) is 22.8 Å². The van der Waals surface area contributed by atoms with Gasteiger partial charge in [-0.05, 0) is 53.8 Å². The molecule has 6 nitrogen and oxygen atoms in total. The van der Waals surface area contributed by atoms with Crippen LogP contribution in [0.4, 0.5) is 5.69 Å². The van der Waals surface area contributed by atoms with E-state index < -0.39 is 0 Å². The van der Waals surface area contributed by atoms with Crippen LogP contribution < -0.4 is 11.0 Å². The van der Waals surface area contributed by atoms with Crippen LogP contribution in [0.15, 0.2) is 89.2 Å². The van der Waals surface area contributed by atoms with Crippen molar-refractivity contribution in [1.82, 2.24) is 14.2 Å². The zero-order valence-electron chi connectivity index (χ0n) is 17.4. The van der Waals surface area contributed by atoms with Crippen molar-refractivity contribution in [3.05, 3.63) is 111 Å². The molecular formula is C25H20N4O2S. The van der Waals surface area contributed by atoms with Crippen LogP contribution in [0.25, 0.3) is 16.8 Å². The number of aryl methyl sites for hydroxylation is 1. The van der Waals surface area contributed by atoms with Gasteiger partial charge in [-0.1, -0.05) is 48.0 Å². The Morgan fingerprint density at radius 1 is 1.03 bits per heavy atom. The van der Waals surface area contributed by atoms with Gasteiger partial charge in [0.1, 0.15) is 0 Å². The van der Waals surface area contributed by atoms with E-state index in [1.54, 1.807) is 18.3 Å². The Bertz CT molecular complexity index is 1480. The number of aromatic nitrogens is 3. The number of thiophene rings is 1. The third kappa shape index (κ3) is 3.86. The van der Waals surface area contributed by atoms with Crippen LogP contribution in [0.1, 0.15) is 20.8 Å². The minimum absolute atomic E-state index is 0.155. The predicted molar refractivity (Wildman–Crippen MR) is 127 cm³/mol. The highest BCUT2D eigenvalue weighted by molar-refractivity contribution is 7.12. The van der Waals surface area contributed by atoms with Gasteiger partial charge in [-0.2, -0.15) is 0 Å². The average Bonchev–Trinajstić information content (AvgIpc) is 3.40.